The average molecular weight is 301 g/mol. The van der Waals surface area contributed by atoms with Crippen LogP contribution in [-0.2, 0) is 11.8 Å². The molecule has 1 aromatic heterocycles. The van der Waals surface area contributed by atoms with E-state index in [0.717, 1.165) is 5.69 Å². The first-order valence-corrected chi connectivity index (χ1v) is 7.39. The van der Waals surface area contributed by atoms with Crippen molar-refractivity contribution < 1.29 is 5.11 Å². The second-order valence-corrected chi connectivity index (χ2v) is 6.40. The van der Waals surface area contributed by atoms with Crippen LogP contribution in [0.3, 0.4) is 0 Å². The standard InChI is InChI=1S/C17H23N3O2/c1-11-14(9-10-21)15(22)20-16(18-11)19-13-7-5-12(6-8-13)17(2,3)4/h5-8,21H,9-10H2,1-4H3,(H2,18,19,20,22). The summed E-state index contributed by atoms with van der Waals surface area (Å²) in [4.78, 5) is 19.0. The number of aliphatic hydroxyl groups is 1. The summed E-state index contributed by atoms with van der Waals surface area (Å²) >= 11 is 0. The molecule has 0 aliphatic rings. The van der Waals surface area contributed by atoms with Gasteiger partial charge in [-0.25, -0.2) is 4.98 Å². The third-order valence-electron chi connectivity index (χ3n) is 3.60. The molecule has 0 spiro atoms. The molecule has 5 heteroatoms. The van der Waals surface area contributed by atoms with Gasteiger partial charge < -0.3 is 10.4 Å². The summed E-state index contributed by atoms with van der Waals surface area (Å²) in [5.41, 5.74) is 3.16. The van der Waals surface area contributed by atoms with Gasteiger partial charge in [-0.15, -0.1) is 0 Å². The normalized spacial score (nSPS) is 11.5. The highest BCUT2D eigenvalue weighted by molar-refractivity contribution is 5.54. The molecule has 3 N–H and O–H groups in total. The smallest absolute Gasteiger partial charge is 0.255 e. The number of aromatic amines is 1. The summed E-state index contributed by atoms with van der Waals surface area (Å²) in [6.45, 7) is 8.20. The molecule has 0 radical (unpaired) electrons. The zero-order chi connectivity index (χ0) is 16.3. The highest BCUT2D eigenvalue weighted by Gasteiger charge is 2.13. The maximum absolute atomic E-state index is 12.0. The number of hydrogen-bond donors (Lipinski definition) is 3. The van der Waals surface area contributed by atoms with Crippen molar-refractivity contribution in [3.63, 3.8) is 0 Å². The summed E-state index contributed by atoms with van der Waals surface area (Å²) in [6.07, 6.45) is 0.314. The van der Waals surface area contributed by atoms with Crippen LogP contribution in [0.15, 0.2) is 29.1 Å². The van der Waals surface area contributed by atoms with E-state index < -0.39 is 0 Å². The summed E-state index contributed by atoms with van der Waals surface area (Å²) in [5.74, 6) is 0.410. The third-order valence-corrected chi connectivity index (χ3v) is 3.60. The number of benzene rings is 1. The Morgan fingerprint density at radius 2 is 1.86 bits per heavy atom. The third kappa shape index (κ3) is 3.74. The number of aryl methyl sites for hydroxylation is 1. The highest BCUT2D eigenvalue weighted by Crippen LogP contribution is 2.24. The zero-order valence-electron chi connectivity index (χ0n) is 13.5. The van der Waals surface area contributed by atoms with Gasteiger partial charge in [0.15, 0.2) is 0 Å². The number of rotatable bonds is 4. The molecule has 1 aromatic carbocycles. The van der Waals surface area contributed by atoms with E-state index in [4.69, 9.17) is 5.11 Å². The van der Waals surface area contributed by atoms with Gasteiger partial charge in [0.25, 0.3) is 5.56 Å². The minimum Gasteiger partial charge on any atom is -0.396 e. The molecule has 0 unspecified atom stereocenters. The molecule has 2 rings (SSSR count). The molecule has 0 saturated carbocycles. The van der Waals surface area contributed by atoms with Crippen LogP contribution in [0.25, 0.3) is 0 Å². The van der Waals surface area contributed by atoms with Gasteiger partial charge in [0.05, 0.1) is 5.69 Å². The van der Waals surface area contributed by atoms with Crippen LogP contribution in [0.2, 0.25) is 0 Å². The van der Waals surface area contributed by atoms with Gasteiger partial charge in [0.2, 0.25) is 5.95 Å². The van der Waals surface area contributed by atoms with Crippen LogP contribution in [0.4, 0.5) is 11.6 Å². The summed E-state index contributed by atoms with van der Waals surface area (Å²) in [5, 5.41) is 12.1. The molecule has 0 fully saturated rings. The second kappa shape index (κ2) is 6.32. The van der Waals surface area contributed by atoms with E-state index in [1.54, 1.807) is 6.92 Å². The number of H-pyrrole nitrogens is 1. The minimum absolute atomic E-state index is 0.0629. The number of aliphatic hydroxyl groups excluding tert-OH is 1. The Balaban J connectivity index is 2.23. The first-order valence-electron chi connectivity index (χ1n) is 7.39. The number of nitrogens with zero attached hydrogens (tertiary/aromatic N) is 1. The van der Waals surface area contributed by atoms with E-state index in [0.29, 0.717) is 23.6 Å². The lowest BCUT2D eigenvalue weighted by Crippen LogP contribution is -2.19. The zero-order valence-corrected chi connectivity index (χ0v) is 13.5. The monoisotopic (exact) mass is 301 g/mol. The van der Waals surface area contributed by atoms with Crippen LogP contribution in [0, 0.1) is 6.92 Å². The van der Waals surface area contributed by atoms with Crippen molar-refractivity contribution >= 4 is 11.6 Å². The minimum atomic E-state index is -0.213. The molecule has 22 heavy (non-hydrogen) atoms. The predicted molar refractivity (Wildman–Crippen MR) is 88.8 cm³/mol. The lowest BCUT2D eigenvalue weighted by Gasteiger charge is -2.19. The number of anilines is 2. The van der Waals surface area contributed by atoms with Crippen molar-refractivity contribution in [2.45, 2.75) is 39.5 Å². The molecule has 0 amide bonds. The Bertz CT molecular complexity index is 697. The number of hydrogen-bond acceptors (Lipinski definition) is 4. The van der Waals surface area contributed by atoms with Gasteiger partial charge in [-0.2, -0.15) is 0 Å². The molecule has 2 aromatic rings. The molecule has 0 bridgehead atoms. The molecule has 5 nitrogen and oxygen atoms in total. The number of nitrogens with one attached hydrogen (secondary N) is 2. The van der Waals surface area contributed by atoms with E-state index in [9.17, 15) is 4.79 Å². The van der Waals surface area contributed by atoms with Gasteiger partial charge in [0.1, 0.15) is 0 Å². The summed E-state index contributed by atoms with van der Waals surface area (Å²) in [6, 6.07) is 8.07. The molecule has 118 valence electrons. The molecule has 1 heterocycles. The molecule has 0 aliphatic heterocycles. The number of aromatic nitrogens is 2. The van der Waals surface area contributed by atoms with Gasteiger partial charge in [-0.1, -0.05) is 32.9 Å². The lowest BCUT2D eigenvalue weighted by atomic mass is 9.87. The first-order chi connectivity index (χ1) is 10.3. The highest BCUT2D eigenvalue weighted by atomic mass is 16.3. The van der Waals surface area contributed by atoms with Crippen LogP contribution in [0.1, 0.15) is 37.6 Å². The maximum Gasteiger partial charge on any atom is 0.255 e. The quantitative estimate of drug-likeness (QED) is 0.811. The van der Waals surface area contributed by atoms with E-state index >= 15 is 0 Å². The van der Waals surface area contributed by atoms with Crippen molar-refractivity contribution in [3.8, 4) is 0 Å². The summed E-state index contributed by atoms with van der Waals surface area (Å²) < 4.78 is 0. The Hall–Kier alpha value is -2.14. The topological polar surface area (TPSA) is 78.0 Å². The van der Waals surface area contributed by atoms with E-state index in [2.05, 4.69) is 48.2 Å². The fourth-order valence-corrected chi connectivity index (χ4v) is 2.27. The van der Waals surface area contributed by atoms with Gasteiger partial charge in [-0.3, -0.25) is 9.78 Å². The van der Waals surface area contributed by atoms with Crippen molar-refractivity contribution in [2.75, 3.05) is 11.9 Å². The Labute approximate surface area is 130 Å². The largest absolute Gasteiger partial charge is 0.396 e. The van der Waals surface area contributed by atoms with E-state index in [1.807, 2.05) is 12.1 Å². The molecule has 0 atom stereocenters. The molecular formula is C17H23N3O2. The summed E-state index contributed by atoms with van der Waals surface area (Å²) in [7, 11) is 0. The van der Waals surface area contributed by atoms with Crippen LogP contribution in [-0.4, -0.2) is 21.7 Å². The van der Waals surface area contributed by atoms with Crippen molar-refractivity contribution in [2.24, 2.45) is 0 Å². The Morgan fingerprint density at radius 1 is 1.23 bits per heavy atom. The van der Waals surface area contributed by atoms with E-state index in [1.165, 1.54) is 5.56 Å². The van der Waals surface area contributed by atoms with Gasteiger partial charge >= 0.3 is 0 Å². The molecule has 0 saturated heterocycles. The first kappa shape index (κ1) is 16.2. The van der Waals surface area contributed by atoms with Gasteiger partial charge in [-0.05, 0) is 30.0 Å². The fourth-order valence-electron chi connectivity index (χ4n) is 2.27. The average Bonchev–Trinajstić information content (AvgIpc) is 2.42. The van der Waals surface area contributed by atoms with Crippen molar-refractivity contribution in [3.05, 3.63) is 51.4 Å². The maximum atomic E-state index is 12.0. The fraction of sp³-hybridized carbons (Fsp3) is 0.412. The van der Waals surface area contributed by atoms with Crippen LogP contribution in [0.5, 0.6) is 0 Å². The SMILES string of the molecule is Cc1nc(Nc2ccc(C(C)(C)C)cc2)[nH]c(=O)c1CCO. The Morgan fingerprint density at radius 3 is 2.36 bits per heavy atom. The molecular weight excluding hydrogens is 278 g/mol. The van der Waals surface area contributed by atoms with Crippen molar-refractivity contribution in [1.29, 1.82) is 0 Å². The van der Waals surface area contributed by atoms with Crippen LogP contribution < -0.4 is 10.9 Å². The van der Waals surface area contributed by atoms with Crippen molar-refractivity contribution in [1.82, 2.24) is 9.97 Å². The van der Waals surface area contributed by atoms with E-state index in [-0.39, 0.29) is 17.6 Å². The Kier molecular flexibility index (Phi) is 4.66. The lowest BCUT2D eigenvalue weighted by molar-refractivity contribution is 0.298. The van der Waals surface area contributed by atoms with Gasteiger partial charge in [0, 0.05) is 24.3 Å². The predicted octanol–water partition coefficient (Wildman–Crippen LogP) is 2.65. The van der Waals surface area contributed by atoms with Crippen LogP contribution >= 0.6 is 0 Å². The molecule has 0 aliphatic carbocycles. The second-order valence-electron chi connectivity index (χ2n) is 6.40.